The summed E-state index contributed by atoms with van der Waals surface area (Å²) in [6.07, 6.45) is 36.1. The first-order chi connectivity index (χ1) is 26.4. The number of carbonyl (C=O) groups is 3. The molecule has 54 heavy (non-hydrogen) atoms. The van der Waals surface area contributed by atoms with Crippen LogP contribution in [0.3, 0.4) is 0 Å². The van der Waals surface area contributed by atoms with Crippen LogP contribution in [0.4, 0.5) is 0 Å². The average molecular weight is 780 g/mol. The highest BCUT2D eigenvalue weighted by Gasteiger charge is 2.27. The summed E-state index contributed by atoms with van der Waals surface area (Å²) in [5, 5.41) is 6.54. The van der Waals surface area contributed by atoms with Gasteiger partial charge in [0, 0.05) is 17.7 Å². The van der Waals surface area contributed by atoms with Gasteiger partial charge in [0.15, 0.2) is 0 Å². The zero-order valence-corrected chi connectivity index (χ0v) is 37.0. The van der Waals surface area contributed by atoms with E-state index < -0.39 is 6.04 Å². The molecule has 2 amide bonds. The Bertz CT molecular complexity index is 882. The first-order valence-corrected chi connectivity index (χ1v) is 24.6. The van der Waals surface area contributed by atoms with Gasteiger partial charge >= 0.3 is 5.97 Å². The molecule has 0 saturated carbocycles. The molecule has 0 radical (unpaired) electrons. The lowest BCUT2D eigenvalue weighted by molar-refractivity contribution is -0.143. The van der Waals surface area contributed by atoms with Crippen molar-refractivity contribution in [3.05, 3.63) is 0 Å². The van der Waals surface area contributed by atoms with E-state index in [1.807, 2.05) is 0 Å². The zero-order valence-electron chi connectivity index (χ0n) is 36.2. The fourth-order valence-electron chi connectivity index (χ4n) is 7.60. The molecule has 1 saturated heterocycles. The van der Waals surface area contributed by atoms with Crippen molar-refractivity contribution in [2.45, 2.75) is 232 Å². The van der Waals surface area contributed by atoms with Gasteiger partial charge in [0.2, 0.25) is 11.8 Å². The number of likely N-dealkylation sites (tertiary alicyclic amines) is 1. The fourth-order valence-corrected chi connectivity index (χ4v) is 8.52. The third-order valence-electron chi connectivity index (χ3n) is 11.4. The van der Waals surface area contributed by atoms with Crippen LogP contribution >= 0.6 is 11.8 Å². The molecule has 0 spiro atoms. The second kappa shape index (κ2) is 37.3. The normalized spacial score (nSPS) is 14.9. The molecule has 2 atom stereocenters. The molecule has 0 bridgehead atoms. The van der Waals surface area contributed by atoms with Gasteiger partial charge in [-0.05, 0) is 64.4 Å². The summed E-state index contributed by atoms with van der Waals surface area (Å²) in [7, 11) is 2.13. The van der Waals surface area contributed by atoms with E-state index in [-0.39, 0.29) is 29.7 Å². The molecule has 0 aromatic heterocycles. The lowest BCUT2D eigenvalue weighted by atomic mass is 9.92. The van der Waals surface area contributed by atoms with Crippen molar-refractivity contribution in [1.29, 1.82) is 0 Å². The van der Waals surface area contributed by atoms with Gasteiger partial charge in [-0.3, -0.25) is 14.4 Å². The lowest BCUT2D eigenvalue weighted by Gasteiger charge is -2.31. The molecule has 0 aliphatic carbocycles. The Morgan fingerprint density at radius 1 is 0.593 bits per heavy atom. The molecular weight excluding hydrogens is 691 g/mol. The van der Waals surface area contributed by atoms with Crippen LogP contribution in [0, 0.1) is 5.92 Å². The molecule has 1 rings (SSSR count). The monoisotopic (exact) mass is 780 g/mol. The van der Waals surface area contributed by atoms with Crippen molar-refractivity contribution in [3.8, 4) is 0 Å². The van der Waals surface area contributed by atoms with Gasteiger partial charge in [0.05, 0.1) is 13.0 Å². The second-order valence-corrected chi connectivity index (χ2v) is 17.8. The summed E-state index contributed by atoms with van der Waals surface area (Å²) in [5.74, 6) is 1.25. The number of ether oxygens (including phenoxy) is 1. The number of piperidine rings is 1. The molecule has 1 aliphatic rings. The van der Waals surface area contributed by atoms with E-state index in [2.05, 4.69) is 43.4 Å². The SMILES string of the molecule is CCCCCCCCCCCCCOC(=O)CCSCCC(NC(=O)C(CCCCCCCC)CCCCCCCCCC)C(=O)NC1CCN(C)CC1. The van der Waals surface area contributed by atoms with Crippen LogP contribution in [-0.2, 0) is 19.1 Å². The van der Waals surface area contributed by atoms with Crippen molar-refractivity contribution in [1.82, 2.24) is 15.5 Å². The molecule has 0 aromatic rings. The number of esters is 1. The van der Waals surface area contributed by atoms with E-state index in [0.29, 0.717) is 25.2 Å². The molecule has 7 nitrogen and oxygen atoms in total. The van der Waals surface area contributed by atoms with Crippen LogP contribution in [0.15, 0.2) is 0 Å². The van der Waals surface area contributed by atoms with E-state index in [4.69, 9.17) is 4.74 Å². The maximum absolute atomic E-state index is 13.9. The van der Waals surface area contributed by atoms with Gasteiger partial charge < -0.3 is 20.3 Å². The lowest BCUT2D eigenvalue weighted by Crippen LogP contribution is -2.53. The minimum absolute atomic E-state index is 0.0300. The maximum atomic E-state index is 13.9. The van der Waals surface area contributed by atoms with E-state index in [1.54, 1.807) is 11.8 Å². The number of thioether (sulfide) groups is 1. The number of nitrogens with one attached hydrogen (secondary N) is 2. The van der Waals surface area contributed by atoms with Crippen LogP contribution < -0.4 is 10.6 Å². The molecule has 2 N–H and O–H groups in total. The molecule has 2 unspecified atom stereocenters. The van der Waals surface area contributed by atoms with Crippen molar-refractivity contribution >= 4 is 29.5 Å². The number of nitrogens with zero attached hydrogens (tertiary/aromatic N) is 1. The summed E-state index contributed by atoms with van der Waals surface area (Å²) in [4.78, 5) is 42.2. The first-order valence-electron chi connectivity index (χ1n) is 23.4. The number of hydrogen-bond acceptors (Lipinski definition) is 6. The highest BCUT2D eigenvalue weighted by atomic mass is 32.2. The average Bonchev–Trinajstić information content (AvgIpc) is 3.16. The first kappa shape index (κ1) is 50.7. The largest absolute Gasteiger partial charge is 0.466 e. The summed E-state index contributed by atoms with van der Waals surface area (Å²) >= 11 is 1.68. The Hall–Kier alpha value is -1.28. The van der Waals surface area contributed by atoms with Gasteiger partial charge in [-0.25, -0.2) is 0 Å². The predicted octanol–water partition coefficient (Wildman–Crippen LogP) is 11.9. The second-order valence-electron chi connectivity index (χ2n) is 16.6. The Morgan fingerprint density at radius 2 is 1.04 bits per heavy atom. The van der Waals surface area contributed by atoms with Crippen LogP contribution in [-0.4, -0.2) is 73.0 Å². The van der Waals surface area contributed by atoms with Gasteiger partial charge in [-0.1, -0.05) is 175 Å². The molecule has 318 valence electrons. The summed E-state index contributed by atoms with van der Waals surface area (Å²) < 4.78 is 5.51. The number of carbonyl (C=O) groups excluding carboxylic acids is 3. The number of amides is 2. The van der Waals surface area contributed by atoms with Crippen molar-refractivity contribution in [3.63, 3.8) is 0 Å². The van der Waals surface area contributed by atoms with Crippen LogP contribution in [0.1, 0.15) is 220 Å². The number of rotatable bonds is 38. The van der Waals surface area contributed by atoms with E-state index in [9.17, 15) is 14.4 Å². The molecule has 1 heterocycles. The summed E-state index contributed by atoms with van der Waals surface area (Å²) in [6, 6.07) is -0.379. The van der Waals surface area contributed by atoms with Crippen LogP contribution in [0.2, 0.25) is 0 Å². The van der Waals surface area contributed by atoms with E-state index in [0.717, 1.165) is 70.2 Å². The van der Waals surface area contributed by atoms with Crippen molar-refractivity contribution in [2.75, 3.05) is 38.2 Å². The topological polar surface area (TPSA) is 87.7 Å². The molecular formula is C46H89N3O4S. The third-order valence-corrected chi connectivity index (χ3v) is 12.4. The quantitative estimate of drug-likeness (QED) is 0.0479. The van der Waals surface area contributed by atoms with E-state index in [1.165, 1.54) is 135 Å². The fraction of sp³-hybridized carbons (Fsp3) is 0.935. The molecule has 0 aromatic carbocycles. The standard InChI is InChI=1S/C46H89N3O4S/c1-5-8-11-14-17-19-20-21-23-26-29-38-53-44(50)35-40-54-39-34-43(46(52)47-42-32-36-49(4)37-33-42)48-45(51)41(30-27-24-16-13-10-7-3)31-28-25-22-18-15-12-9-6-2/h41-43H,5-40H2,1-4H3,(H,47,52)(H,48,51). The summed E-state index contributed by atoms with van der Waals surface area (Å²) in [5.41, 5.74) is 0. The Labute approximate surface area is 339 Å². The predicted molar refractivity (Wildman–Crippen MR) is 233 cm³/mol. The van der Waals surface area contributed by atoms with Crippen molar-refractivity contribution < 1.29 is 19.1 Å². The minimum Gasteiger partial charge on any atom is -0.466 e. The van der Waals surface area contributed by atoms with Gasteiger partial charge in [0.1, 0.15) is 6.04 Å². The van der Waals surface area contributed by atoms with Crippen LogP contribution in [0.25, 0.3) is 0 Å². The Kier molecular flexibility index (Phi) is 35.1. The zero-order chi connectivity index (χ0) is 39.3. The Morgan fingerprint density at radius 3 is 1.52 bits per heavy atom. The van der Waals surface area contributed by atoms with Crippen molar-refractivity contribution in [2.24, 2.45) is 5.92 Å². The number of hydrogen-bond donors (Lipinski definition) is 2. The van der Waals surface area contributed by atoms with Crippen LogP contribution in [0.5, 0.6) is 0 Å². The molecule has 1 aliphatic heterocycles. The third kappa shape index (κ3) is 29.9. The summed E-state index contributed by atoms with van der Waals surface area (Å²) in [6.45, 7) is 9.25. The van der Waals surface area contributed by atoms with Gasteiger partial charge in [-0.15, -0.1) is 0 Å². The van der Waals surface area contributed by atoms with Gasteiger partial charge in [0.25, 0.3) is 0 Å². The number of unbranched alkanes of at least 4 members (excludes halogenated alkanes) is 22. The minimum atomic E-state index is -0.539. The smallest absolute Gasteiger partial charge is 0.306 e. The molecule has 1 fully saturated rings. The Balaban J connectivity index is 2.53. The highest BCUT2D eigenvalue weighted by Crippen LogP contribution is 2.21. The molecule has 8 heteroatoms. The van der Waals surface area contributed by atoms with E-state index >= 15 is 0 Å². The highest BCUT2D eigenvalue weighted by molar-refractivity contribution is 7.99. The maximum Gasteiger partial charge on any atom is 0.306 e. The van der Waals surface area contributed by atoms with Gasteiger partial charge in [-0.2, -0.15) is 11.8 Å².